The van der Waals surface area contributed by atoms with Crippen molar-refractivity contribution in [3.63, 3.8) is 0 Å². The first kappa shape index (κ1) is 25.5. The predicted molar refractivity (Wildman–Crippen MR) is 160 cm³/mol. The summed E-state index contributed by atoms with van der Waals surface area (Å²) in [5.74, 6) is 0.701. The van der Waals surface area contributed by atoms with Crippen LogP contribution in [-0.4, -0.2) is 17.6 Å². The van der Waals surface area contributed by atoms with Crippen molar-refractivity contribution < 1.29 is 13.9 Å². The van der Waals surface area contributed by atoms with Crippen molar-refractivity contribution in [3.8, 4) is 11.3 Å². The van der Waals surface area contributed by atoms with Crippen LogP contribution < -0.4 is 14.9 Å². The van der Waals surface area contributed by atoms with Crippen molar-refractivity contribution in [1.82, 2.24) is 4.57 Å². The van der Waals surface area contributed by atoms with Gasteiger partial charge in [-0.25, -0.2) is 9.79 Å². The topological polar surface area (TPSA) is 73.8 Å². The van der Waals surface area contributed by atoms with Gasteiger partial charge in [-0.3, -0.25) is 9.36 Å². The first-order valence-electron chi connectivity index (χ1n) is 13.2. The molecule has 202 valence electrons. The molecule has 8 heteroatoms. The summed E-state index contributed by atoms with van der Waals surface area (Å²) in [6.07, 6.45) is 3.47. The number of methoxy groups -OCH3 is 1. The number of rotatable bonds is 4. The summed E-state index contributed by atoms with van der Waals surface area (Å²) in [6.45, 7) is 0. The van der Waals surface area contributed by atoms with Gasteiger partial charge in [0.15, 0.2) is 4.80 Å². The number of allylic oxidation sites excluding steroid dienone is 1. The van der Waals surface area contributed by atoms with Crippen molar-refractivity contribution >= 4 is 40.7 Å². The van der Waals surface area contributed by atoms with E-state index in [0.717, 1.165) is 40.8 Å². The Labute approximate surface area is 244 Å². The largest absolute Gasteiger partial charge is 0.465 e. The summed E-state index contributed by atoms with van der Waals surface area (Å²) in [5.41, 5.74) is 6.52. The molecular weight excluding hydrogens is 556 g/mol. The maximum absolute atomic E-state index is 14.0. The normalized spacial score (nSPS) is 16.0. The molecule has 3 heterocycles. The number of aryl methyl sites for hydroxylation is 1. The van der Waals surface area contributed by atoms with Crippen molar-refractivity contribution in [3.05, 3.63) is 143 Å². The summed E-state index contributed by atoms with van der Waals surface area (Å²) in [6, 6.07) is 26.5. The molecule has 0 N–H and O–H groups in total. The van der Waals surface area contributed by atoms with Gasteiger partial charge in [0.25, 0.3) is 5.56 Å². The highest BCUT2D eigenvalue weighted by molar-refractivity contribution is 7.07. The summed E-state index contributed by atoms with van der Waals surface area (Å²) in [7, 11) is 1.35. The Morgan fingerprint density at radius 1 is 1.05 bits per heavy atom. The van der Waals surface area contributed by atoms with Crippen LogP contribution in [0.3, 0.4) is 0 Å². The first-order valence-corrected chi connectivity index (χ1v) is 14.4. The third-order valence-corrected chi connectivity index (χ3v) is 8.76. The molecule has 0 radical (unpaired) electrons. The number of hydrogen-bond donors (Lipinski definition) is 0. The lowest BCUT2D eigenvalue weighted by Gasteiger charge is -2.30. The Morgan fingerprint density at radius 3 is 2.71 bits per heavy atom. The van der Waals surface area contributed by atoms with E-state index in [9.17, 15) is 9.59 Å². The average molecular weight is 579 g/mol. The van der Waals surface area contributed by atoms with E-state index in [1.807, 2.05) is 48.5 Å². The number of carbonyl (C=O) groups excluding carboxylic acids is 1. The molecule has 3 aromatic carbocycles. The fourth-order valence-corrected chi connectivity index (χ4v) is 6.71. The summed E-state index contributed by atoms with van der Waals surface area (Å²) < 4.78 is 13.3. The lowest BCUT2D eigenvalue weighted by Crippen LogP contribution is -2.38. The van der Waals surface area contributed by atoms with Crippen LogP contribution in [0.1, 0.15) is 45.3 Å². The summed E-state index contributed by atoms with van der Waals surface area (Å²) in [4.78, 5) is 31.6. The van der Waals surface area contributed by atoms with E-state index in [1.165, 1.54) is 24.0 Å². The van der Waals surface area contributed by atoms with Crippen LogP contribution in [0.15, 0.2) is 105 Å². The fraction of sp³-hybridized carbons (Fsp3) is 0.121. The summed E-state index contributed by atoms with van der Waals surface area (Å²) >= 11 is 7.57. The molecule has 0 saturated carbocycles. The SMILES string of the molecule is COC(=O)c1cccc(-c2ccc(/C=c3/sc4n(c3=O)[C@@H](c3ccc(Cl)cc3)C3=C(N=4)c4ccccc4CC3)o2)c1. The van der Waals surface area contributed by atoms with Crippen LogP contribution in [0, 0.1) is 0 Å². The molecule has 0 amide bonds. The molecule has 0 unspecified atom stereocenters. The van der Waals surface area contributed by atoms with Gasteiger partial charge < -0.3 is 9.15 Å². The van der Waals surface area contributed by atoms with Crippen LogP contribution in [0.2, 0.25) is 5.02 Å². The maximum Gasteiger partial charge on any atom is 0.337 e. The first-order chi connectivity index (χ1) is 20.0. The number of carbonyl (C=O) groups is 1. The third kappa shape index (κ3) is 4.47. The second-order valence-electron chi connectivity index (χ2n) is 9.94. The van der Waals surface area contributed by atoms with E-state index in [0.29, 0.717) is 31.4 Å². The van der Waals surface area contributed by atoms with E-state index < -0.39 is 5.97 Å². The van der Waals surface area contributed by atoms with E-state index in [1.54, 1.807) is 28.8 Å². The number of halogens is 1. The molecule has 0 fully saturated rings. The maximum atomic E-state index is 14.0. The zero-order valence-corrected chi connectivity index (χ0v) is 23.5. The highest BCUT2D eigenvalue weighted by Gasteiger charge is 2.32. The Kier molecular flexibility index (Phi) is 6.33. The van der Waals surface area contributed by atoms with Gasteiger partial charge in [0.2, 0.25) is 0 Å². The van der Waals surface area contributed by atoms with Gasteiger partial charge in [-0.15, -0.1) is 0 Å². The molecule has 2 aromatic heterocycles. The van der Waals surface area contributed by atoms with E-state index >= 15 is 0 Å². The molecule has 0 bridgehead atoms. The Balaban J connectivity index is 1.35. The van der Waals surface area contributed by atoms with E-state index in [2.05, 4.69) is 18.2 Å². The Morgan fingerprint density at radius 2 is 1.88 bits per heavy atom. The van der Waals surface area contributed by atoms with Gasteiger partial charge in [0, 0.05) is 22.2 Å². The predicted octanol–water partition coefficient (Wildman–Crippen LogP) is 6.02. The molecule has 1 atom stereocenters. The number of ether oxygens (including phenoxy) is 1. The van der Waals surface area contributed by atoms with E-state index in [-0.39, 0.29) is 11.6 Å². The number of nitrogens with zero attached hydrogens (tertiary/aromatic N) is 2. The molecule has 0 spiro atoms. The highest BCUT2D eigenvalue weighted by Crippen LogP contribution is 2.41. The standard InChI is InChI=1S/C33H23ClN2O4S/c1-39-32(38)22-7-4-6-21(17-22)27-16-14-24(40-27)18-28-31(37)36-30(20-9-12-23(34)13-10-20)26-15-11-19-5-2-3-8-25(19)29(26)35-33(36)41-28/h2-10,12-14,16-18,30H,11,15H2,1H3/b28-18+/t30-/m0/s1. The van der Waals surface area contributed by atoms with Crippen LogP contribution in [0.5, 0.6) is 0 Å². The number of aromatic nitrogens is 1. The zero-order chi connectivity index (χ0) is 28.1. The molecule has 7 rings (SSSR count). The fourth-order valence-electron chi connectivity index (χ4n) is 5.60. The van der Waals surface area contributed by atoms with Gasteiger partial charge in [0.1, 0.15) is 11.5 Å². The van der Waals surface area contributed by atoms with Crippen LogP contribution in [0.4, 0.5) is 0 Å². The minimum absolute atomic E-state index is 0.121. The number of furan rings is 1. The second-order valence-corrected chi connectivity index (χ2v) is 11.4. The van der Waals surface area contributed by atoms with Crippen LogP contribution >= 0.6 is 22.9 Å². The lowest BCUT2D eigenvalue weighted by atomic mass is 9.83. The number of esters is 1. The van der Waals surface area contributed by atoms with Gasteiger partial charge in [0.05, 0.1) is 28.9 Å². The molecule has 41 heavy (non-hydrogen) atoms. The molecular formula is C33H23ClN2O4S. The monoisotopic (exact) mass is 578 g/mol. The van der Waals surface area contributed by atoms with Crippen LogP contribution in [-0.2, 0) is 11.2 Å². The molecule has 2 aliphatic rings. The quantitative estimate of drug-likeness (QED) is 0.245. The zero-order valence-electron chi connectivity index (χ0n) is 22.0. The smallest absolute Gasteiger partial charge is 0.337 e. The molecule has 1 aliphatic heterocycles. The second kappa shape index (κ2) is 10.2. The molecule has 6 nitrogen and oxygen atoms in total. The summed E-state index contributed by atoms with van der Waals surface area (Å²) in [5, 5.41) is 0.648. The molecule has 0 saturated heterocycles. The molecule has 1 aliphatic carbocycles. The van der Waals surface area contributed by atoms with Crippen LogP contribution in [0.25, 0.3) is 23.1 Å². The number of hydrogen-bond acceptors (Lipinski definition) is 6. The van der Waals surface area contributed by atoms with Crippen molar-refractivity contribution in [2.45, 2.75) is 18.9 Å². The van der Waals surface area contributed by atoms with Crippen molar-refractivity contribution in [2.24, 2.45) is 4.99 Å². The Hall–Kier alpha value is -4.46. The lowest BCUT2D eigenvalue weighted by molar-refractivity contribution is 0.0601. The van der Waals surface area contributed by atoms with Gasteiger partial charge >= 0.3 is 5.97 Å². The Bertz CT molecular complexity index is 2050. The van der Waals surface area contributed by atoms with E-state index in [4.69, 9.17) is 25.7 Å². The van der Waals surface area contributed by atoms with Crippen molar-refractivity contribution in [2.75, 3.05) is 7.11 Å². The minimum Gasteiger partial charge on any atom is -0.465 e. The van der Waals surface area contributed by atoms with Gasteiger partial charge in [-0.05, 0) is 65.9 Å². The number of thiazole rings is 1. The molecule has 5 aromatic rings. The number of fused-ring (bicyclic) bond motifs is 3. The highest BCUT2D eigenvalue weighted by atomic mass is 35.5. The minimum atomic E-state index is -0.416. The third-order valence-electron chi connectivity index (χ3n) is 7.53. The van der Waals surface area contributed by atoms with Gasteiger partial charge in [-0.2, -0.15) is 0 Å². The number of benzene rings is 3. The van der Waals surface area contributed by atoms with Gasteiger partial charge in [-0.1, -0.05) is 71.5 Å². The average Bonchev–Trinajstić information content (AvgIpc) is 3.60. The van der Waals surface area contributed by atoms with Crippen molar-refractivity contribution in [1.29, 1.82) is 0 Å².